The highest BCUT2D eigenvalue weighted by atomic mass is 16.5. The highest BCUT2D eigenvalue weighted by Crippen LogP contribution is 2.42. The summed E-state index contributed by atoms with van der Waals surface area (Å²) in [5.74, 6) is 0.680. The summed E-state index contributed by atoms with van der Waals surface area (Å²) in [4.78, 5) is 9.35. The molecule has 0 bridgehead atoms. The van der Waals surface area contributed by atoms with Gasteiger partial charge in [-0.3, -0.25) is 9.89 Å². The Labute approximate surface area is 120 Å². The van der Waals surface area contributed by atoms with Crippen LogP contribution in [-0.2, 0) is 9.47 Å². The molecule has 2 aliphatic heterocycles. The number of ether oxygens (including phenoxy) is 2. The van der Waals surface area contributed by atoms with Gasteiger partial charge in [0.25, 0.3) is 0 Å². The lowest BCUT2D eigenvalue weighted by Crippen LogP contribution is -2.49. The Kier molecular flexibility index (Phi) is 4.14. The van der Waals surface area contributed by atoms with Crippen molar-refractivity contribution in [3.63, 3.8) is 0 Å². The number of rotatable bonds is 3. The van der Waals surface area contributed by atoms with Crippen molar-refractivity contribution in [2.75, 3.05) is 52.5 Å². The van der Waals surface area contributed by atoms with Crippen LogP contribution < -0.4 is 5.73 Å². The summed E-state index contributed by atoms with van der Waals surface area (Å²) < 4.78 is 11.0. The molecule has 2 saturated heterocycles. The predicted octanol–water partition coefficient (Wildman–Crippen LogP) is -0.113. The second-order valence-electron chi connectivity index (χ2n) is 6.13. The van der Waals surface area contributed by atoms with Crippen LogP contribution in [0, 0.1) is 0 Å². The van der Waals surface area contributed by atoms with Crippen LogP contribution in [0.1, 0.15) is 19.8 Å². The Morgan fingerprint density at radius 2 is 2.00 bits per heavy atom. The summed E-state index contributed by atoms with van der Waals surface area (Å²) in [6.45, 7) is 9.11. The third-order valence-electron chi connectivity index (χ3n) is 4.61. The quantitative estimate of drug-likeness (QED) is 0.578. The van der Waals surface area contributed by atoms with Gasteiger partial charge in [0.05, 0.1) is 32.5 Å². The third kappa shape index (κ3) is 3.07. The molecule has 114 valence electrons. The number of hydrogen-bond acceptors (Lipinski definition) is 4. The molecule has 1 aliphatic carbocycles. The lowest BCUT2D eigenvalue weighted by molar-refractivity contribution is 0.00452. The summed E-state index contributed by atoms with van der Waals surface area (Å²) in [7, 11) is 0. The largest absolute Gasteiger partial charge is 0.379 e. The number of hydrogen-bond donors (Lipinski definition) is 1. The summed E-state index contributed by atoms with van der Waals surface area (Å²) in [5.41, 5.74) is 6.42. The molecule has 0 spiro atoms. The van der Waals surface area contributed by atoms with Crippen molar-refractivity contribution < 1.29 is 9.47 Å². The van der Waals surface area contributed by atoms with Gasteiger partial charge in [-0.2, -0.15) is 0 Å². The molecular formula is C14H26N4O2. The zero-order valence-electron chi connectivity index (χ0n) is 12.4. The Hall–Kier alpha value is -0.850. The van der Waals surface area contributed by atoms with E-state index in [0.29, 0.717) is 5.96 Å². The Bertz CT molecular complexity index is 364. The van der Waals surface area contributed by atoms with Crippen LogP contribution in [0.15, 0.2) is 4.99 Å². The second kappa shape index (κ2) is 5.87. The fourth-order valence-corrected chi connectivity index (χ4v) is 3.11. The first-order valence-electron chi connectivity index (χ1n) is 7.69. The van der Waals surface area contributed by atoms with Crippen LogP contribution in [0.3, 0.4) is 0 Å². The molecule has 1 atom stereocenters. The lowest BCUT2D eigenvalue weighted by atomic mass is 10.2. The SMILES string of the molecule is CC1CN(C(N)=NCC2(N3CCOCC3)CC2)CCO1. The van der Waals surface area contributed by atoms with Gasteiger partial charge in [-0.25, -0.2) is 0 Å². The maximum atomic E-state index is 6.15. The molecule has 0 aromatic rings. The molecule has 0 aromatic carbocycles. The highest BCUT2D eigenvalue weighted by molar-refractivity contribution is 5.78. The molecule has 3 aliphatic rings. The maximum Gasteiger partial charge on any atom is 0.191 e. The van der Waals surface area contributed by atoms with Crippen LogP contribution in [-0.4, -0.2) is 79.9 Å². The summed E-state index contributed by atoms with van der Waals surface area (Å²) in [6, 6.07) is 0. The highest BCUT2D eigenvalue weighted by Gasteiger charge is 2.48. The van der Waals surface area contributed by atoms with E-state index >= 15 is 0 Å². The smallest absolute Gasteiger partial charge is 0.191 e. The van der Waals surface area contributed by atoms with Crippen LogP contribution in [0.25, 0.3) is 0 Å². The van der Waals surface area contributed by atoms with Gasteiger partial charge in [0.15, 0.2) is 5.96 Å². The third-order valence-corrected chi connectivity index (χ3v) is 4.61. The summed E-state index contributed by atoms with van der Waals surface area (Å²) in [5, 5.41) is 0. The van der Waals surface area contributed by atoms with Gasteiger partial charge in [-0.15, -0.1) is 0 Å². The molecule has 3 fully saturated rings. The van der Waals surface area contributed by atoms with Gasteiger partial charge in [0, 0.05) is 31.7 Å². The van der Waals surface area contributed by atoms with Crippen LogP contribution in [0.5, 0.6) is 0 Å². The van der Waals surface area contributed by atoms with Crippen LogP contribution in [0.2, 0.25) is 0 Å². The van der Waals surface area contributed by atoms with Gasteiger partial charge in [0.2, 0.25) is 0 Å². The number of aliphatic imine (C=N–C) groups is 1. The number of morpholine rings is 2. The molecule has 0 aromatic heterocycles. The van der Waals surface area contributed by atoms with E-state index in [1.54, 1.807) is 0 Å². The van der Waals surface area contributed by atoms with Gasteiger partial charge in [-0.05, 0) is 19.8 Å². The van der Waals surface area contributed by atoms with E-state index in [9.17, 15) is 0 Å². The molecule has 1 saturated carbocycles. The van der Waals surface area contributed by atoms with E-state index in [1.807, 2.05) is 0 Å². The van der Waals surface area contributed by atoms with Crippen LogP contribution >= 0.6 is 0 Å². The number of nitrogens with zero attached hydrogens (tertiary/aromatic N) is 3. The molecule has 2 N–H and O–H groups in total. The van der Waals surface area contributed by atoms with Crippen molar-refractivity contribution in [3.8, 4) is 0 Å². The molecule has 3 rings (SSSR count). The first kappa shape index (κ1) is 14.1. The van der Waals surface area contributed by atoms with Crippen LogP contribution in [0.4, 0.5) is 0 Å². The zero-order chi connectivity index (χ0) is 14.0. The van der Waals surface area contributed by atoms with Crippen molar-refractivity contribution >= 4 is 5.96 Å². The molecule has 6 heteroatoms. The van der Waals surface area contributed by atoms with Crippen molar-refractivity contribution in [1.29, 1.82) is 0 Å². The minimum absolute atomic E-state index is 0.242. The maximum absolute atomic E-state index is 6.15. The number of guanidine groups is 1. The van der Waals surface area contributed by atoms with E-state index in [0.717, 1.165) is 52.5 Å². The topological polar surface area (TPSA) is 63.3 Å². The van der Waals surface area contributed by atoms with Crippen molar-refractivity contribution in [1.82, 2.24) is 9.80 Å². The van der Waals surface area contributed by atoms with E-state index in [4.69, 9.17) is 15.2 Å². The lowest BCUT2D eigenvalue weighted by Gasteiger charge is -2.35. The fraction of sp³-hybridized carbons (Fsp3) is 0.929. The van der Waals surface area contributed by atoms with E-state index < -0.39 is 0 Å². The molecule has 2 heterocycles. The molecule has 0 amide bonds. The molecule has 6 nitrogen and oxygen atoms in total. The average Bonchev–Trinajstić information content (AvgIpc) is 3.27. The van der Waals surface area contributed by atoms with E-state index in [1.165, 1.54) is 12.8 Å². The zero-order valence-corrected chi connectivity index (χ0v) is 12.4. The molecule has 1 unspecified atom stereocenters. The minimum atomic E-state index is 0.242. The predicted molar refractivity (Wildman–Crippen MR) is 77.8 cm³/mol. The normalized spacial score (nSPS) is 31.4. The molecular weight excluding hydrogens is 256 g/mol. The Morgan fingerprint density at radius 3 is 2.65 bits per heavy atom. The van der Waals surface area contributed by atoms with Crippen molar-refractivity contribution in [2.24, 2.45) is 10.7 Å². The van der Waals surface area contributed by atoms with E-state index in [2.05, 4.69) is 21.7 Å². The van der Waals surface area contributed by atoms with Crippen molar-refractivity contribution in [3.05, 3.63) is 0 Å². The fourth-order valence-electron chi connectivity index (χ4n) is 3.11. The molecule has 0 radical (unpaired) electrons. The Balaban J connectivity index is 1.55. The van der Waals surface area contributed by atoms with Gasteiger partial charge >= 0.3 is 0 Å². The van der Waals surface area contributed by atoms with Gasteiger partial charge < -0.3 is 20.1 Å². The first-order valence-corrected chi connectivity index (χ1v) is 7.69. The molecule has 20 heavy (non-hydrogen) atoms. The Morgan fingerprint density at radius 1 is 1.25 bits per heavy atom. The van der Waals surface area contributed by atoms with Gasteiger partial charge in [-0.1, -0.05) is 0 Å². The standard InChI is InChI=1S/C14H26N4O2/c1-12-10-17(4-9-20-12)13(15)16-11-14(2-3-14)18-5-7-19-8-6-18/h12H,2-11H2,1H3,(H2,15,16). The number of nitrogens with two attached hydrogens (primary N) is 1. The monoisotopic (exact) mass is 282 g/mol. The first-order chi connectivity index (χ1) is 9.70. The summed E-state index contributed by atoms with van der Waals surface area (Å²) >= 11 is 0. The second-order valence-corrected chi connectivity index (χ2v) is 6.13. The van der Waals surface area contributed by atoms with Gasteiger partial charge in [0.1, 0.15) is 0 Å². The van der Waals surface area contributed by atoms with Crippen molar-refractivity contribution in [2.45, 2.75) is 31.4 Å². The minimum Gasteiger partial charge on any atom is -0.379 e. The average molecular weight is 282 g/mol. The van der Waals surface area contributed by atoms with E-state index in [-0.39, 0.29) is 11.6 Å². The summed E-state index contributed by atoms with van der Waals surface area (Å²) in [6.07, 6.45) is 2.72.